The fourth-order valence-corrected chi connectivity index (χ4v) is 1.85. The van der Waals surface area contributed by atoms with Gasteiger partial charge in [-0.3, -0.25) is 4.79 Å². The first kappa shape index (κ1) is 10.7. The molecule has 0 aliphatic rings. The van der Waals surface area contributed by atoms with Crippen LogP contribution in [0.3, 0.4) is 0 Å². The third kappa shape index (κ3) is 2.40. The second-order valence-corrected chi connectivity index (χ2v) is 4.11. The van der Waals surface area contributed by atoms with Crippen molar-refractivity contribution in [2.24, 2.45) is 0 Å². The van der Waals surface area contributed by atoms with E-state index in [1.165, 1.54) is 6.07 Å². The van der Waals surface area contributed by atoms with Crippen LogP contribution in [0.2, 0.25) is 0 Å². The van der Waals surface area contributed by atoms with Crippen molar-refractivity contribution in [3.8, 4) is 0 Å². The monoisotopic (exact) mass is 239 g/mol. The molecule has 0 radical (unpaired) electrons. The lowest BCUT2D eigenvalue weighted by Gasteiger charge is -2.06. The molecule has 1 aromatic heterocycles. The number of aromatic amines is 1. The van der Waals surface area contributed by atoms with Crippen LogP contribution < -0.4 is 15.9 Å². The summed E-state index contributed by atoms with van der Waals surface area (Å²) in [6.07, 6.45) is 0. The summed E-state index contributed by atoms with van der Waals surface area (Å²) >= 11 is 1.08. The van der Waals surface area contributed by atoms with E-state index in [1.54, 1.807) is 17.5 Å². The zero-order valence-electron chi connectivity index (χ0n) is 8.29. The van der Waals surface area contributed by atoms with Crippen LogP contribution in [0.15, 0.2) is 28.4 Å². The minimum atomic E-state index is -0.405. The van der Waals surface area contributed by atoms with Gasteiger partial charge in [-0.05, 0) is 18.2 Å². The molecular formula is C10H10FN3OS. The Hall–Kier alpha value is -1.82. The topological polar surface area (TPSA) is 70.9 Å². The van der Waals surface area contributed by atoms with Crippen LogP contribution >= 0.6 is 11.3 Å². The summed E-state index contributed by atoms with van der Waals surface area (Å²) in [5.41, 5.74) is 6.90. The highest BCUT2D eigenvalue weighted by molar-refractivity contribution is 7.07. The molecule has 2 rings (SSSR count). The maximum atomic E-state index is 13.3. The van der Waals surface area contributed by atoms with E-state index in [2.05, 4.69) is 10.3 Å². The number of rotatable bonds is 3. The highest BCUT2D eigenvalue weighted by Crippen LogP contribution is 2.17. The van der Waals surface area contributed by atoms with Gasteiger partial charge in [-0.2, -0.15) is 0 Å². The van der Waals surface area contributed by atoms with Gasteiger partial charge in [0.2, 0.25) is 0 Å². The molecule has 1 aromatic carbocycles. The molecule has 0 fully saturated rings. The Bertz CT molecular complexity index is 549. The van der Waals surface area contributed by atoms with Gasteiger partial charge in [-0.15, -0.1) is 0 Å². The maximum Gasteiger partial charge on any atom is 0.304 e. The molecule has 0 aliphatic carbocycles. The van der Waals surface area contributed by atoms with Gasteiger partial charge >= 0.3 is 4.87 Å². The Morgan fingerprint density at radius 1 is 1.50 bits per heavy atom. The first-order chi connectivity index (χ1) is 7.65. The van der Waals surface area contributed by atoms with Crippen molar-refractivity contribution in [1.82, 2.24) is 4.98 Å². The van der Waals surface area contributed by atoms with Gasteiger partial charge in [0.05, 0.1) is 12.2 Å². The van der Waals surface area contributed by atoms with E-state index in [9.17, 15) is 9.18 Å². The summed E-state index contributed by atoms with van der Waals surface area (Å²) in [5, 5.41) is 4.57. The van der Waals surface area contributed by atoms with E-state index >= 15 is 0 Å². The molecule has 4 N–H and O–H groups in total. The summed E-state index contributed by atoms with van der Waals surface area (Å²) < 4.78 is 13.3. The van der Waals surface area contributed by atoms with Crippen molar-refractivity contribution in [3.05, 3.63) is 44.8 Å². The Labute approximate surface area is 94.9 Å². The quantitative estimate of drug-likeness (QED) is 0.715. The minimum absolute atomic E-state index is 0.116. The van der Waals surface area contributed by atoms with E-state index in [-0.39, 0.29) is 4.87 Å². The van der Waals surface area contributed by atoms with Gasteiger partial charge in [0.1, 0.15) is 5.82 Å². The van der Waals surface area contributed by atoms with E-state index in [0.29, 0.717) is 17.9 Å². The number of nitrogens with one attached hydrogen (secondary N) is 2. The van der Waals surface area contributed by atoms with Crippen LogP contribution in [0.25, 0.3) is 0 Å². The molecule has 6 heteroatoms. The summed E-state index contributed by atoms with van der Waals surface area (Å²) in [7, 11) is 0. The van der Waals surface area contributed by atoms with Crippen LogP contribution in [0.5, 0.6) is 0 Å². The SMILES string of the molecule is Nc1ccc(NCc2csc(=O)[nH]2)c(F)c1. The molecule has 0 bridgehead atoms. The molecule has 4 nitrogen and oxygen atoms in total. The molecule has 0 aliphatic heterocycles. The Balaban J connectivity index is 2.07. The second-order valence-electron chi connectivity index (χ2n) is 3.27. The standard InChI is InChI=1S/C10H10FN3OS/c11-8-3-6(12)1-2-9(8)13-4-7-5-16-10(15)14-7/h1-3,5,13H,4,12H2,(H,14,15). The maximum absolute atomic E-state index is 13.3. The fourth-order valence-electron chi connectivity index (χ4n) is 1.27. The minimum Gasteiger partial charge on any atom is -0.399 e. The average molecular weight is 239 g/mol. The van der Waals surface area contributed by atoms with Crippen LogP contribution in [-0.2, 0) is 6.54 Å². The lowest BCUT2D eigenvalue weighted by Crippen LogP contribution is -2.04. The van der Waals surface area contributed by atoms with E-state index < -0.39 is 5.82 Å². The fraction of sp³-hybridized carbons (Fsp3) is 0.100. The number of H-pyrrole nitrogens is 1. The number of halogens is 1. The molecule has 0 amide bonds. The highest BCUT2D eigenvalue weighted by Gasteiger charge is 2.02. The summed E-state index contributed by atoms with van der Waals surface area (Å²) in [6, 6.07) is 4.43. The lowest BCUT2D eigenvalue weighted by molar-refractivity contribution is 0.630. The average Bonchev–Trinajstić information content (AvgIpc) is 2.63. The van der Waals surface area contributed by atoms with Crippen molar-refractivity contribution < 1.29 is 4.39 Å². The molecule has 2 aromatic rings. The van der Waals surface area contributed by atoms with Crippen molar-refractivity contribution in [2.45, 2.75) is 6.54 Å². The van der Waals surface area contributed by atoms with E-state index in [0.717, 1.165) is 17.0 Å². The smallest absolute Gasteiger partial charge is 0.304 e. The van der Waals surface area contributed by atoms with Crippen LogP contribution in [0.4, 0.5) is 15.8 Å². The van der Waals surface area contributed by atoms with Crippen molar-refractivity contribution >= 4 is 22.7 Å². The molecule has 0 saturated heterocycles. The molecule has 0 spiro atoms. The van der Waals surface area contributed by atoms with E-state index in [1.807, 2.05) is 0 Å². The summed E-state index contributed by atoms with van der Waals surface area (Å²) in [5.74, 6) is -0.405. The molecule has 16 heavy (non-hydrogen) atoms. The zero-order chi connectivity index (χ0) is 11.5. The van der Waals surface area contributed by atoms with Gasteiger partial charge in [-0.25, -0.2) is 4.39 Å². The summed E-state index contributed by atoms with van der Waals surface area (Å²) in [6.45, 7) is 0.375. The molecule has 84 valence electrons. The van der Waals surface area contributed by atoms with Crippen molar-refractivity contribution in [2.75, 3.05) is 11.1 Å². The Kier molecular flexibility index (Phi) is 2.91. The molecule has 1 heterocycles. The number of aromatic nitrogens is 1. The summed E-state index contributed by atoms with van der Waals surface area (Å²) in [4.78, 5) is 13.4. The third-order valence-electron chi connectivity index (χ3n) is 2.03. The van der Waals surface area contributed by atoms with Crippen LogP contribution in [-0.4, -0.2) is 4.98 Å². The predicted octanol–water partition coefficient (Wildman–Crippen LogP) is 1.77. The number of hydrogen-bond donors (Lipinski definition) is 3. The number of hydrogen-bond acceptors (Lipinski definition) is 4. The van der Waals surface area contributed by atoms with E-state index in [4.69, 9.17) is 5.73 Å². The zero-order valence-corrected chi connectivity index (χ0v) is 9.10. The largest absolute Gasteiger partial charge is 0.399 e. The number of anilines is 2. The molecule has 0 saturated carbocycles. The van der Waals surface area contributed by atoms with Crippen molar-refractivity contribution in [3.63, 3.8) is 0 Å². The highest BCUT2D eigenvalue weighted by atomic mass is 32.1. The third-order valence-corrected chi connectivity index (χ3v) is 2.75. The number of nitrogen functional groups attached to an aromatic ring is 1. The molecule has 0 atom stereocenters. The second kappa shape index (κ2) is 4.36. The number of benzene rings is 1. The predicted molar refractivity (Wildman–Crippen MR) is 63.1 cm³/mol. The van der Waals surface area contributed by atoms with Gasteiger partial charge in [0.25, 0.3) is 0 Å². The van der Waals surface area contributed by atoms with Crippen LogP contribution in [0.1, 0.15) is 5.69 Å². The first-order valence-electron chi connectivity index (χ1n) is 4.61. The first-order valence-corrected chi connectivity index (χ1v) is 5.49. The van der Waals surface area contributed by atoms with Gasteiger partial charge in [0.15, 0.2) is 0 Å². The van der Waals surface area contributed by atoms with Crippen molar-refractivity contribution in [1.29, 1.82) is 0 Å². The van der Waals surface area contributed by atoms with Gasteiger partial charge in [0, 0.05) is 16.8 Å². The Morgan fingerprint density at radius 2 is 2.31 bits per heavy atom. The van der Waals surface area contributed by atoms with Crippen LogP contribution in [0, 0.1) is 5.82 Å². The lowest BCUT2D eigenvalue weighted by atomic mass is 10.2. The Morgan fingerprint density at radius 3 is 2.94 bits per heavy atom. The number of nitrogens with two attached hydrogens (primary N) is 1. The van der Waals surface area contributed by atoms with Gasteiger partial charge in [-0.1, -0.05) is 11.3 Å². The normalized spacial score (nSPS) is 10.3. The number of thiazole rings is 1. The molecule has 0 unspecified atom stereocenters. The molecular weight excluding hydrogens is 229 g/mol. The van der Waals surface area contributed by atoms with Gasteiger partial charge < -0.3 is 16.0 Å².